The SMILES string of the molecule is COc1ccc2c(ccn2Cc2cccc(F)c2Br)c1. The summed E-state index contributed by atoms with van der Waals surface area (Å²) in [5.41, 5.74) is 2.01. The molecule has 0 fully saturated rings. The third-order valence-corrected chi connectivity index (χ3v) is 4.24. The van der Waals surface area contributed by atoms with Crippen molar-refractivity contribution in [3.8, 4) is 5.75 Å². The highest BCUT2D eigenvalue weighted by Gasteiger charge is 2.08. The van der Waals surface area contributed by atoms with Crippen LogP contribution in [-0.2, 0) is 6.54 Å². The largest absolute Gasteiger partial charge is 0.497 e. The van der Waals surface area contributed by atoms with Gasteiger partial charge < -0.3 is 9.30 Å². The zero-order chi connectivity index (χ0) is 14.1. The van der Waals surface area contributed by atoms with E-state index in [0.717, 1.165) is 22.2 Å². The molecule has 0 amide bonds. The summed E-state index contributed by atoms with van der Waals surface area (Å²) in [5.74, 6) is 0.600. The van der Waals surface area contributed by atoms with E-state index in [-0.39, 0.29) is 5.82 Å². The van der Waals surface area contributed by atoms with Crippen LogP contribution in [0.1, 0.15) is 5.56 Å². The van der Waals surface area contributed by atoms with Crippen LogP contribution < -0.4 is 4.74 Å². The second-order valence-electron chi connectivity index (χ2n) is 4.58. The lowest BCUT2D eigenvalue weighted by molar-refractivity contribution is 0.415. The predicted octanol–water partition coefficient (Wildman–Crippen LogP) is 4.60. The van der Waals surface area contributed by atoms with Crippen molar-refractivity contribution < 1.29 is 9.13 Å². The minimum absolute atomic E-state index is 0.236. The Morgan fingerprint density at radius 2 is 2.05 bits per heavy atom. The zero-order valence-corrected chi connectivity index (χ0v) is 12.5. The van der Waals surface area contributed by atoms with Crippen LogP contribution in [0.3, 0.4) is 0 Å². The van der Waals surface area contributed by atoms with Crippen LogP contribution in [-0.4, -0.2) is 11.7 Å². The molecule has 3 aromatic rings. The molecule has 0 atom stereocenters. The molecule has 0 saturated heterocycles. The van der Waals surface area contributed by atoms with Crippen LogP contribution in [0.25, 0.3) is 10.9 Å². The predicted molar refractivity (Wildman–Crippen MR) is 81.7 cm³/mol. The lowest BCUT2D eigenvalue weighted by Crippen LogP contribution is -1.99. The standard InChI is InChI=1S/C16H13BrFNO/c1-20-13-5-6-15-11(9-13)7-8-19(15)10-12-3-2-4-14(18)16(12)17/h2-9H,10H2,1H3. The summed E-state index contributed by atoms with van der Waals surface area (Å²) >= 11 is 3.30. The highest BCUT2D eigenvalue weighted by Crippen LogP contribution is 2.25. The number of fused-ring (bicyclic) bond motifs is 1. The van der Waals surface area contributed by atoms with Gasteiger partial charge in [-0.3, -0.25) is 0 Å². The van der Waals surface area contributed by atoms with Crippen LogP contribution in [0.5, 0.6) is 5.75 Å². The number of rotatable bonds is 3. The molecule has 0 aliphatic rings. The van der Waals surface area contributed by atoms with Gasteiger partial charge in [0, 0.05) is 23.6 Å². The molecule has 0 radical (unpaired) electrons. The molecule has 0 bridgehead atoms. The molecule has 102 valence electrons. The summed E-state index contributed by atoms with van der Waals surface area (Å²) in [7, 11) is 1.65. The molecule has 4 heteroatoms. The van der Waals surface area contributed by atoms with Crippen molar-refractivity contribution in [3.63, 3.8) is 0 Å². The van der Waals surface area contributed by atoms with Crippen molar-refractivity contribution in [2.75, 3.05) is 7.11 Å². The van der Waals surface area contributed by atoms with E-state index in [1.54, 1.807) is 13.2 Å². The second-order valence-corrected chi connectivity index (χ2v) is 5.37. The number of aromatic nitrogens is 1. The van der Waals surface area contributed by atoms with Gasteiger partial charge in [0.05, 0.1) is 11.6 Å². The first-order valence-corrected chi connectivity index (χ1v) is 7.04. The fourth-order valence-electron chi connectivity index (χ4n) is 2.30. The minimum atomic E-state index is -0.236. The zero-order valence-electron chi connectivity index (χ0n) is 10.9. The van der Waals surface area contributed by atoms with Crippen molar-refractivity contribution in [2.24, 2.45) is 0 Å². The quantitative estimate of drug-likeness (QED) is 0.683. The first kappa shape index (κ1) is 13.2. The molecule has 1 aromatic heterocycles. The number of hydrogen-bond acceptors (Lipinski definition) is 1. The lowest BCUT2D eigenvalue weighted by atomic mass is 10.2. The maximum absolute atomic E-state index is 13.5. The molecular weight excluding hydrogens is 321 g/mol. The normalized spacial score (nSPS) is 10.9. The first-order valence-electron chi connectivity index (χ1n) is 6.25. The number of benzene rings is 2. The van der Waals surface area contributed by atoms with Crippen molar-refractivity contribution >= 4 is 26.8 Å². The molecule has 2 aromatic carbocycles. The van der Waals surface area contributed by atoms with Crippen molar-refractivity contribution in [1.29, 1.82) is 0 Å². The van der Waals surface area contributed by atoms with E-state index in [2.05, 4.69) is 20.5 Å². The van der Waals surface area contributed by atoms with Gasteiger partial charge in [-0.1, -0.05) is 12.1 Å². The van der Waals surface area contributed by atoms with Gasteiger partial charge in [-0.05, 0) is 51.8 Å². The summed E-state index contributed by atoms with van der Waals surface area (Å²) < 4.78 is 21.4. The Morgan fingerprint density at radius 1 is 1.20 bits per heavy atom. The fraction of sp³-hybridized carbons (Fsp3) is 0.125. The maximum atomic E-state index is 13.5. The van der Waals surface area contributed by atoms with Crippen LogP contribution >= 0.6 is 15.9 Å². The van der Waals surface area contributed by atoms with Crippen LogP contribution in [0.15, 0.2) is 53.1 Å². The Kier molecular flexibility index (Phi) is 3.49. The van der Waals surface area contributed by atoms with E-state index < -0.39 is 0 Å². The Bertz CT molecular complexity index is 766. The average molecular weight is 334 g/mol. The summed E-state index contributed by atoms with van der Waals surface area (Å²) in [6, 6.07) is 13.1. The molecule has 0 aliphatic heterocycles. The summed E-state index contributed by atoms with van der Waals surface area (Å²) in [6.07, 6.45) is 2.00. The summed E-state index contributed by atoms with van der Waals surface area (Å²) in [6.45, 7) is 0.619. The Morgan fingerprint density at radius 3 is 2.85 bits per heavy atom. The van der Waals surface area contributed by atoms with Crippen LogP contribution in [0, 0.1) is 5.82 Å². The molecule has 0 spiro atoms. The first-order chi connectivity index (χ1) is 9.69. The summed E-state index contributed by atoms with van der Waals surface area (Å²) in [4.78, 5) is 0. The maximum Gasteiger partial charge on any atom is 0.137 e. The van der Waals surface area contributed by atoms with E-state index in [0.29, 0.717) is 11.0 Å². The van der Waals surface area contributed by atoms with E-state index in [4.69, 9.17) is 4.74 Å². The smallest absolute Gasteiger partial charge is 0.137 e. The third-order valence-electron chi connectivity index (χ3n) is 3.35. The van der Waals surface area contributed by atoms with Crippen molar-refractivity contribution in [3.05, 3.63) is 64.5 Å². The van der Waals surface area contributed by atoms with E-state index in [1.165, 1.54) is 6.07 Å². The lowest BCUT2D eigenvalue weighted by Gasteiger charge is -2.09. The van der Waals surface area contributed by atoms with Gasteiger partial charge in [-0.2, -0.15) is 0 Å². The van der Waals surface area contributed by atoms with Crippen molar-refractivity contribution in [2.45, 2.75) is 6.54 Å². The van der Waals surface area contributed by atoms with Gasteiger partial charge >= 0.3 is 0 Å². The number of ether oxygens (including phenoxy) is 1. The molecule has 20 heavy (non-hydrogen) atoms. The van der Waals surface area contributed by atoms with Gasteiger partial charge in [-0.25, -0.2) is 4.39 Å². The number of halogens is 2. The average Bonchev–Trinajstić information content (AvgIpc) is 2.86. The Balaban J connectivity index is 2.01. The van der Waals surface area contributed by atoms with Crippen LogP contribution in [0.4, 0.5) is 4.39 Å². The highest BCUT2D eigenvalue weighted by atomic mass is 79.9. The van der Waals surface area contributed by atoms with Crippen molar-refractivity contribution in [1.82, 2.24) is 4.57 Å². The van der Waals surface area contributed by atoms with Gasteiger partial charge in [0.25, 0.3) is 0 Å². The van der Waals surface area contributed by atoms with E-state index in [1.807, 2.05) is 36.5 Å². The number of nitrogens with zero attached hydrogens (tertiary/aromatic N) is 1. The van der Waals surface area contributed by atoms with E-state index in [9.17, 15) is 4.39 Å². The van der Waals surface area contributed by atoms with Crippen LogP contribution in [0.2, 0.25) is 0 Å². The molecule has 0 unspecified atom stereocenters. The molecule has 0 N–H and O–H groups in total. The molecular formula is C16H13BrFNO. The minimum Gasteiger partial charge on any atom is -0.497 e. The molecule has 0 saturated carbocycles. The van der Waals surface area contributed by atoms with Gasteiger partial charge in [0.15, 0.2) is 0 Å². The number of hydrogen-bond donors (Lipinski definition) is 0. The summed E-state index contributed by atoms with van der Waals surface area (Å²) in [5, 5.41) is 1.11. The van der Waals surface area contributed by atoms with E-state index >= 15 is 0 Å². The Labute approximate surface area is 124 Å². The monoisotopic (exact) mass is 333 g/mol. The highest BCUT2D eigenvalue weighted by molar-refractivity contribution is 9.10. The number of methoxy groups -OCH3 is 1. The van der Waals surface area contributed by atoms with Gasteiger partial charge in [-0.15, -0.1) is 0 Å². The fourth-order valence-corrected chi connectivity index (χ4v) is 2.69. The molecule has 2 nitrogen and oxygen atoms in total. The van der Waals surface area contributed by atoms with Gasteiger partial charge in [0.2, 0.25) is 0 Å². The second kappa shape index (κ2) is 5.29. The topological polar surface area (TPSA) is 14.2 Å². The molecule has 1 heterocycles. The Hall–Kier alpha value is -1.81. The van der Waals surface area contributed by atoms with Gasteiger partial charge in [0.1, 0.15) is 11.6 Å². The molecule has 3 rings (SSSR count). The third kappa shape index (κ3) is 2.31. The molecule has 0 aliphatic carbocycles.